The minimum Gasteiger partial charge on any atom is -0.376 e. The van der Waals surface area contributed by atoms with Crippen LogP contribution >= 0.6 is 12.2 Å². The molecule has 0 saturated heterocycles. The fourth-order valence-corrected chi connectivity index (χ4v) is 1.88. The second-order valence-corrected chi connectivity index (χ2v) is 5.58. The molecule has 88 valence electrons. The summed E-state index contributed by atoms with van der Waals surface area (Å²) in [6.07, 6.45) is 1.10. The highest BCUT2D eigenvalue weighted by Crippen LogP contribution is 2.20. The van der Waals surface area contributed by atoms with Crippen molar-refractivity contribution in [2.24, 2.45) is 5.73 Å². The molecule has 0 aromatic heterocycles. The number of anilines is 2. The van der Waals surface area contributed by atoms with Crippen molar-refractivity contribution in [1.82, 2.24) is 0 Å². The van der Waals surface area contributed by atoms with Crippen LogP contribution in [0, 0.1) is 6.92 Å². The Morgan fingerprint density at radius 1 is 1.44 bits per heavy atom. The van der Waals surface area contributed by atoms with E-state index in [2.05, 4.69) is 10.0 Å². The summed E-state index contributed by atoms with van der Waals surface area (Å²) >= 11 is 4.71. The second-order valence-electron chi connectivity index (χ2n) is 3.39. The van der Waals surface area contributed by atoms with Crippen LogP contribution in [-0.2, 0) is 10.0 Å². The molecule has 0 spiro atoms. The predicted octanol–water partition coefficient (Wildman–Crippen LogP) is 1.02. The molecule has 0 heterocycles. The van der Waals surface area contributed by atoms with Crippen LogP contribution < -0.4 is 15.8 Å². The highest BCUT2D eigenvalue weighted by molar-refractivity contribution is 7.92. The summed E-state index contributed by atoms with van der Waals surface area (Å²) in [6.45, 7) is 1.83. The van der Waals surface area contributed by atoms with Crippen molar-refractivity contribution < 1.29 is 8.42 Å². The zero-order valence-electron chi connectivity index (χ0n) is 8.94. The van der Waals surface area contributed by atoms with Crippen LogP contribution in [-0.4, -0.2) is 19.8 Å². The van der Waals surface area contributed by atoms with Crippen LogP contribution in [0.3, 0.4) is 0 Å². The summed E-state index contributed by atoms with van der Waals surface area (Å²) in [4.78, 5) is 0. The topological polar surface area (TPSA) is 84.2 Å². The third-order valence-corrected chi connectivity index (χ3v) is 2.50. The highest BCUT2D eigenvalue weighted by Gasteiger charge is 2.04. The average Bonchev–Trinajstić information content (AvgIpc) is 2.06. The standard InChI is InChI=1S/C9H13N3O2S2/c1-6-5-7(12-16(2,13)14)3-4-8(6)11-9(10)15/h3-5,12H,1-2H3,(H3,10,11,15). The van der Waals surface area contributed by atoms with Crippen molar-refractivity contribution in [3.63, 3.8) is 0 Å². The monoisotopic (exact) mass is 259 g/mol. The van der Waals surface area contributed by atoms with Gasteiger partial charge in [0.05, 0.1) is 6.26 Å². The molecule has 0 aliphatic heterocycles. The average molecular weight is 259 g/mol. The predicted molar refractivity (Wildman–Crippen MR) is 70.1 cm³/mol. The van der Waals surface area contributed by atoms with Gasteiger partial charge in [0.15, 0.2) is 5.11 Å². The molecular formula is C9H13N3O2S2. The Kier molecular flexibility index (Phi) is 3.71. The molecular weight excluding hydrogens is 246 g/mol. The normalized spacial score (nSPS) is 10.9. The summed E-state index contributed by atoms with van der Waals surface area (Å²) in [5.74, 6) is 0. The van der Waals surface area contributed by atoms with Gasteiger partial charge in [0.1, 0.15) is 0 Å². The third kappa shape index (κ3) is 4.03. The summed E-state index contributed by atoms with van der Waals surface area (Å²) in [5, 5.41) is 2.97. The van der Waals surface area contributed by atoms with Crippen LogP contribution in [0.2, 0.25) is 0 Å². The molecule has 0 saturated carbocycles. The number of hydrogen-bond donors (Lipinski definition) is 3. The number of thiocarbonyl (C=S) groups is 1. The lowest BCUT2D eigenvalue weighted by Crippen LogP contribution is -2.19. The Balaban J connectivity index is 2.95. The summed E-state index contributed by atoms with van der Waals surface area (Å²) < 4.78 is 24.4. The Morgan fingerprint density at radius 2 is 2.06 bits per heavy atom. The van der Waals surface area contributed by atoms with Crippen LogP contribution in [0.15, 0.2) is 18.2 Å². The number of nitrogens with two attached hydrogens (primary N) is 1. The molecule has 0 atom stereocenters. The molecule has 0 bridgehead atoms. The van der Waals surface area contributed by atoms with Gasteiger partial charge in [-0.3, -0.25) is 4.72 Å². The molecule has 0 fully saturated rings. The van der Waals surface area contributed by atoms with E-state index in [1.165, 1.54) is 0 Å². The van der Waals surface area contributed by atoms with E-state index in [0.717, 1.165) is 17.5 Å². The lowest BCUT2D eigenvalue weighted by molar-refractivity contribution is 0.607. The van der Waals surface area contributed by atoms with E-state index in [0.29, 0.717) is 5.69 Å². The van der Waals surface area contributed by atoms with Gasteiger partial charge in [0, 0.05) is 11.4 Å². The van der Waals surface area contributed by atoms with E-state index in [4.69, 9.17) is 18.0 Å². The van der Waals surface area contributed by atoms with E-state index in [9.17, 15) is 8.42 Å². The number of hydrogen-bond acceptors (Lipinski definition) is 3. The van der Waals surface area contributed by atoms with Gasteiger partial charge < -0.3 is 11.1 Å². The Labute approximate surface area is 100 Å². The number of aryl methyl sites for hydroxylation is 1. The van der Waals surface area contributed by atoms with Crippen molar-refractivity contribution >= 4 is 38.7 Å². The molecule has 1 aromatic carbocycles. The van der Waals surface area contributed by atoms with Gasteiger partial charge >= 0.3 is 0 Å². The van der Waals surface area contributed by atoms with Crippen LogP contribution in [0.4, 0.5) is 11.4 Å². The molecule has 0 aliphatic rings. The number of sulfonamides is 1. The third-order valence-electron chi connectivity index (χ3n) is 1.79. The second kappa shape index (κ2) is 4.67. The number of benzene rings is 1. The SMILES string of the molecule is Cc1cc(NS(C)(=O)=O)ccc1NC(N)=S. The van der Waals surface area contributed by atoms with E-state index in [1.807, 2.05) is 6.92 Å². The maximum Gasteiger partial charge on any atom is 0.229 e. The molecule has 16 heavy (non-hydrogen) atoms. The maximum atomic E-state index is 11.0. The minimum atomic E-state index is -3.25. The summed E-state index contributed by atoms with van der Waals surface area (Å²) in [5.41, 5.74) is 7.45. The van der Waals surface area contributed by atoms with Gasteiger partial charge in [-0.25, -0.2) is 8.42 Å². The summed E-state index contributed by atoms with van der Waals surface area (Å²) in [7, 11) is -3.25. The Morgan fingerprint density at radius 3 is 2.50 bits per heavy atom. The van der Waals surface area contributed by atoms with Crippen LogP contribution in [0.5, 0.6) is 0 Å². The first kappa shape index (κ1) is 12.7. The molecule has 1 aromatic rings. The quantitative estimate of drug-likeness (QED) is 0.706. The van der Waals surface area contributed by atoms with Crippen molar-refractivity contribution in [3.05, 3.63) is 23.8 Å². The van der Waals surface area contributed by atoms with E-state index in [1.54, 1.807) is 18.2 Å². The van der Waals surface area contributed by atoms with E-state index < -0.39 is 10.0 Å². The fraction of sp³-hybridized carbons (Fsp3) is 0.222. The number of rotatable bonds is 3. The smallest absolute Gasteiger partial charge is 0.229 e. The molecule has 1 rings (SSSR count). The van der Waals surface area contributed by atoms with Crippen molar-refractivity contribution in [2.45, 2.75) is 6.92 Å². The van der Waals surface area contributed by atoms with Crippen LogP contribution in [0.25, 0.3) is 0 Å². The molecule has 7 heteroatoms. The van der Waals surface area contributed by atoms with Crippen molar-refractivity contribution in [1.29, 1.82) is 0 Å². The van der Waals surface area contributed by atoms with E-state index >= 15 is 0 Å². The molecule has 0 radical (unpaired) electrons. The van der Waals surface area contributed by atoms with Gasteiger partial charge in [-0.2, -0.15) is 0 Å². The minimum absolute atomic E-state index is 0.173. The first-order chi connectivity index (χ1) is 7.28. The first-order valence-electron chi connectivity index (χ1n) is 4.43. The Hall–Kier alpha value is -1.34. The van der Waals surface area contributed by atoms with Crippen LogP contribution in [0.1, 0.15) is 5.56 Å². The lowest BCUT2D eigenvalue weighted by Gasteiger charge is -2.10. The molecule has 0 amide bonds. The largest absolute Gasteiger partial charge is 0.376 e. The number of nitrogens with one attached hydrogen (secondary N) is 2. The van der Waals surface area contributed by atoms with Gasteiger partial charge in [0.2, 0.25) is 10.0 Å². The van der Waals surface area contributed by atoms with E-state index in [-0.39, 0.29) is 5.11 Å². The van der Waals surface area contributed by atoms with Gasteiger partial charge in [-0.1, -0.05) is 0 Å². The fourth-order valence-electron chi connectivity index (χ4n) is 1.21. The van der Waals surface area contributed by atoms with Gasteiger partial charge in [-0.15, -0.1) is 0 Å². The van der Waals surface area contributed by atoms with Crippen molar-refractivity contribution in [2.75, 3.05) is 16.3 Å². The van der Waals surface area contributed by atoms with Gasteiger partial charge in [0.25, 0.3) is 0 Å². The maximum absolute atomic E-state index is 11.0. The Bertz CT molecular complexity index is 511. The van der Waals surface area contributed by atoms with Gasteiger partial charge in [-0.05, 0) is 42.9 Å². The highest BCUT2D eigenvalue weighted by atomic mass is 32.2. The lowest BCUT2D eigenvalue weighted by atomic mass is 10.2. The zero-order valence-corrected chi connectivity index (χ0v) is 10.6. The zero-order chi connectivity index (χ0) is 12.3. The molecule has 0 aliphatic carbocycles. The first-order valence-corrected chi connectivity index (χ1v) is 6.73. The molecule has 5 nitrogen and oxygen atoms in total. The molecule has 0 unspecified atom stereocenters. The summed E-state index contributed by atoms with van der Waals surface area (Å²) in [6, 6.07) is 5.04. The molecule has 4 N–H and O–H groups in total. The van der Waals surface area contributed by atoms with Crippen molar-refractivity contribution in [3.8, 4) is 0 Å².